The molecule has 1 rings (SSSR count). The van der Waals surface area contributed by atoms with Gasteiger partial charge in [0.05, 0.1) is 5.69 Å². The van der Waals surface area contributed by atoms with E-state index in [-0.39, 0.29) is 17.7 Å². The molecule has 3 N–H and O–H groups in total. The zero-order valence-corrected chi connectivity index (χ0v) is 14.3. The maximum absolute atomic E-state index is 13.9. The fourth-order valence-electron chi connectivity index (χ4n) is 1.90. The number of imide groups is 1. The second kappa shape index (κ2) is 7.02. The third kappa shape index (κ3) is 6.02. The van der Waals surface area contributed by atoms with Crippen LogP contribution in [0.25, 0.3) is 0 Å². The quantitative estimate of drug-likeness (QED) is 0.819. The van der Waals surface area contributed by atoms with Crippen LogP contribution in [-0.4, -0.2) is 23.4 Å². The van der Waals surface area contributed by atoms with Crippen LogP contribution >= 0.6 is 0 Å². The average molecular weight is 344 g/mol. The molecule has 1 aromatic carbocycles. The Kier molecular flexibility index (Phi) is 5.75. The molecule has 0 heterocycles. The van der Waals surface area contributed by atoms with E-state index in [9.17, 15) is 18.4 Å². The summed E-state index contributed by atoms with van der Waals surface area (Å²) in [6.45, 7) is 7.79. The lowest BCUT2D eigenvalue weighted by Crippen LogP contribution is -2.41. The minimum Gasteiger partial charge on any atom is -0.443 e. The number of anilines is 1. The van der Waals surface area contributed by atoms with Gasteiger partial charge in [0.1, 0.15) is 17.0 Å². The van der Waals surface area contributed by atoms with E-state index >= 15 is 0 Å². The number of ether oxygens (including phenoxy) is 2. The third-order valence-corrected chi connectivity index (χ3v) is 2.79. The largest absolute Gasteiger partial charge is 0.443 e. The molecule has 0 atom stereocenters. The first-order valence-electron chi connectivity index (χ1n) is 7.26. The zero-order valence-electron chi connectivity index (χ0n) is 14.3. The average Bonchev–Trinajstić information content (AvgIpc) is 2.36. The molecule has 0 fully saturated rings. The zero-order chi connectivity index (χ0) is 18.7. The summed E-state index contributed by atoms with van der Waals surface area (Å²) in [7, 11) is 0. The summed E-state index contributed by atoms with van der Waals surface area (Å²) in [6, 6.07) is 2.14. The number of carbonyl (C=O) groups excluding carboxylic acids is 2. The van der Waals surface area contributed by atoms with Crippen molar-refractivity contribution >= 4 is 17.9 Å². The number of benzene rings is 1. The number of amides is 2. The van der Waals surface area contributed by atoms with Gasteiger partial charge >= 0.3 is 12.2 Å². The van der Waals surface area contributed by atoms with Crippen LogP contribution in [0.2, 0.25) is 0 Å². The van der Waals surface area contributed by atoms with Gasteiger partial charge in [0.15, 0.2) is 5.82 Å². The van der Waals surface area contributed by atoms with Gasteiger partial charge in [0.2, 0.25) is 0 Å². The van der Waals surface area contributed by atoms with Crippen LogP contribution in [0.15, 0.2) is 12.1 Å². The topological polar surface area (TPSA) is 90.6 Å². The Bertz CT molecular complexity index is 640. The summed E-state index contributed by atoms with van der Waals surface area (Å²) in [5.41, 5.74) is 2.83. The number of rotatable bonds is 3. The number of alkyl carbamates (subject to hydrolysis) is 2. The molecule has 1 aromatic rings. The molecular formula is C16H22F2N2O4. The highest BCUT2D eigenvalue weighted by Crippen LogP contribution is 2.25. The van der Waals surface area contributed by atoms with Crippen LogP contribution < -0.4 is 11.1 Å². The fourth-order valence-corrected chi connectivity index (χ4v) is 1.90. The monoisotopic (exact) mass is 344 g/mol. The summed E-state index contributed by atoms with van der Waals surface area (Å²) in [4.78, 5) is 23.2. The maximum Gasteiger partial charge on any atom is 0.417 e. The lowest BCUT2D eigenvalue weighted by atomic mass is 9.97. The van der Waals surface area contributed by atoms with E-state index in [2.05, 4.69) is 0 Å². The van der Waals surface area contributed by atoms with Crippen LogP contribution in [0.4, 0.5) is 24.1 Å². The minimum atomic E-state index is -1.29. The molecule has 0 radical (unpaired) electrons. The van der Waals surface area contributed by atoms with Crippen molar-refractivity contribution in [3.05, 3.63) is 29.3 Å². The van der Waals surface area contributed by atoms with Crippen molar-refractivity contribution < 1.29 is 27.8 Å². The molecular weight excluding hydrogens is 322 g/mol. The third-order valence-electron chi connectivity index (χ3n) is 2.79. The molecule has 134 valence electrons. The fraction of sp³-hybridized carbons (Fsp3) is 0.500. The van der Waals surface area contributed by atoms with Gasteiger partial charge in [-0.25, -0.2) is 23.7 Å². The maximum atomic E-state index is 13.9. The highest BCUT2D eigenvalue weighted by molar-refractivity contribution is 5.87. The number of nitrogens with two attached hydrogens (primary N) is 1. The van der Waals surface area contributed by atoms with Crippen molar-refractivity contribution in [1.29, 1.82) is 0 Å². The minimum absolute atomic E-state index is 0.208. The first kappa shape index (κ1) is 19.7. The molecule has 0 aliphatic heterocycles. The van der Waals surface area contributed by atoms with E-state index in [1.165, 1.54) is 13.8 Å². The van der Waals surface area contributed by atoms with Gasteiger partial charge in [0.25, 0.3) is 0 Å². The predicted molar refractivity (Wildman–Crippen MR) is 84.4 cm³/mol. The number of nitrogens with one attached hydrogen (secondary N) is 1. The lowest BCUT2D eigenvalue weighted by Gasteiger charge is -2.26. The van der Waals surface area contributed by atoms with Crippen LogP contribution in [0, 0.1) is 11.6 Å². The number of carbonyl (C=O) groups is 2. The van der Waals surface area contributed by atoms with Crippen LogP contribution in [0.3, 0.4) is 0 Å². The van der Waals surface area contributed by atoms with Gasteiger partial charge in [-0.15, -0.1) is 0 Å². The van der Waals surface area contributed by atoms with Gasteiger partial charge in [-0.05, 0) is 46.8 Å². The normalized spacial score (nSPS) is 11.8. The van der Waals surface area contributed by atoms with Crippen molar-refractivity contribution in [2.24, 2.45) is 0 Å². The van der Waals surface area contributed by atoms with E-state index in [1.54, 1.807) is 20.8 Å². The molecule has 8 heteroatoms. The molecule has 0 aliphatic carbocycles. The Labute approximate surface area is 139 Å². The lowest BCUT2D eigenvalue weighted by molar-refractivity contribution is 0.0272. The molecule has 0 spiro atoms. The van der Waals surface area contributed by atoms with E-state index in [1.807, 2.05) is 5.32 Å². The highest BCUT2D eigenvalue weighted by atomic mass is 19.1. The molecule has 24 heavy (non-hydrogen) atoms. The number of nitrogen functional groups attached to an aromatic ring is 1. The van der Waals surface area contributed by atoms with E-state index in [0.29, 0.717) is 0 Å². The van der Waals surface area contributed by atoms with Crippen molar-refractivity contribution in [2.75, 3.05) is 5.73 Å². The first-order valence-corrected chi connectivity index (χ1v) is 7.26. The van der Waals surface area contributed by atoms with Crippen molar-refractivity contribution in [3.8, 4) is 0 Å². The summed E-state index contributed by atoms with van der Waals surface area (Å²) in [5.74, 6) is -1.70. The van der Waals surface area contributed by atoms with Crippen molar-refractivity contribution in [3.63, 3.8) is 0 Å². The smallest absolute Gasteiger partial charge is 0.417 e. The molecule has 0 bridgehead atoms. The van der Waals surface area contributed by atoms with Crippen LogP contribution in [0.5, 0.6) is 0 Å². The van der Waals surface area contributed by atoms with E-state index in [4.69, 9.17) is 15.2 Å². The van der Waals surface area contributed by atoms with Gasteiger partial charge in [-0.3, -0.25) is 0 Å². The second-order valence-corrected chi connectivity index (χ2v) is 6.88. The van der Waals surface area contributed by atoms with Gasteiger partial charge in [-0.2, -0.15) is 0 Å². The molecule has 2 amide bonds. The van der Waals surface area contributed by atoms with Gasteiger partial charge in [-0.1, -0.05) is 0 Å². The van der Waals surface area contributed by atoms with Crippen LogP contribution in [0.1, 0.15) is 40.2 Å². The Morgan fingerprint density at radius 2 is 1.62 bits per heavy atom. The number of hydrogen-bond donors (Lipinski definition) is 2. The SMILES string of the molecule is CC(C)(C)OC(=O)NC(=O)OC(C)(C)Cc1c(F)ccc(N)c1F. The standard InChI is InChI=1S/C16H22F2N2O4/c1-15(2,3)23-13(21)20-14(22)24-16(4,5)8-9-10(17)6-7-11(19)12(9)18/h6-7H,8,19H2,1-5H3,(H,20,21,22). The molecule has 0 saturated heterocycles. The van der Waals surface area contributed by atoms with Crippen molar-refractivity contribution in [2.45, 2.75) is 52.2 Å². The Morgan fingerprint density at radius 1 is 1.08 bits per heavy atom. The molecule has 0 aliphatic rings. The molecule has 0 aromatic heterocycles. The molecule has 6 nitrogen and oxygen atoms in total. The van der Waals surface area contributed by atoms with Gasteiger partial charge in [0, 0.05) is 12.0 Å². The Hall–Kier alpha value is -2.38. The second-order valence-electron chi connectivity index (χ2n) is 6.88. The predicted octanol–water partition coefficient (Wildman–Crippen LogP) is 3.53. The summed E-state index contributed by atoms with van der Waals surface area (Å²) >= 11 is 0. The Morgan fingerprint density at radius 3 is 2.17 bits per heavy atom. The summed E-state index contributed by atoms with van der Waals surface area (Å²) < 4.78 is 37.7. The highest BCUT2D eigenvalue weighted by Gasteiger charge is 2.29. The Balaban J connectivity index is 2.75. The van der Waals surface area contributed by atoms with E-state index in [0.717, 1.165) is 12.1 Å². The summed E-state index contributed by atoms with van der Waals surface area (Å²) in [6.07, 6.45) is -2.33. The number of hydrogen-bond acceptors (Lipinski definition) is 5. The first-order chi connectivity index (χ1) is 10.8. The number of halogens is 2. The molecule has 0 unspecified atom stereocenters. The van der Waals surface area contributed by atoms with Gasteiger partial charge < -0.3 is 15.2 Å². The summed E-state index contributed by atoms with van der Waals surface area (Å²) in [5, 5.41) is 1.88. The van der Waals surface area contributed by atoms with Crippen molar-refractivity contribution in [1.82, 2.24) is 5.32 Å². The van der Waals surface area contributed by atoms with Crippen LogP contribution in [-0.2, 0) is 15.9 Å². The molecule has 0 saturated carbocycles. The van der Waals surface area contributed by atoms with E-state index < -0.39 is 35.0 Å².